The number of imidazole rings is 1. The summed E-state index contributed by atoms with van der Waals surface area (Å²) in [5.74, 6) is 2.34. The molecule has 3 N–H and O–H groups in total. The van der Waals surface area contributed by atoms with Crippen molar-refractivity contribution in [2.75, 3.05) is 20.8 Å². The molecule has 1 aromatic heterocycles. The van der Waals surface area contributed by atoms with Gasteiger partial charge in [-0.3, -0.25) is 0 Å². The molecule has 1 heterocycles. The number of benzene rings is 1. The van der Waals surface area contributed by atoms with Gasteiger partial charge >= 0.3 is 0 Å². The number of fused-ring (bicyclic) bond motifs is 1. The van der Waals surface area contributed by atoms with Crippen LogP contribution in [-0.4, -0.2) is 30.7 Å². The molecule has 2 aromatic rings. The molecule has 0 radical (unpaired) electrons. The topological polar surface area (TPSA) is 73.2 Å². The summed E-state index contributed by atoms with van der Waals surface area (Å²) in [5, 5.41) is 0. The quantitative estimate of drug-likeness (QED) is 0.823. The Morgan fingerprint density at radius 2 is 1.94 bits per heavy atom. The van der Waals surface area contributed by atoms with E-state index in [9.17, 15) is 0 Å². The lowest BCUT2D eigenvalue weighted by atomic mass is 10.3. The first-order valence-corrected chi connectivity index (χ1v) is 5.59. The standard InChI is InChI=1S/C12H17N3O2/c1-16-10-6-8-9(7-11(10)17-2)15-12(14-8)4-3-5-13/h6-7H,3-5,13H2,1-2H3,(H,14,15). The molecule has 5 nitrogen and oxygen atoms in total. The number of aryl methyl sites for hydroxylation is 1. The lowest BCUT2D eigenvalue weighted by Gasteiger charge is -2.06. The molecular weight excluding hydrogens is 218 g/mol. The van der Waals surface area contributed by atoms with Crippen LogP contribution in [0.4, 0.5) is 0 Å². The number of H-pyrrole nitrogens is 1. The van der Waals surface area contributed by atoms with Gasteiger partial charge in [0.2, 0.25) is 0 Å². The zero-order valence-electron chi connectivity index (χ0n) is 10.1. The summed E-state index contributed by atoms with van der Waals surface area (Å²) in [6.45, 7) is 0.670. The Bertz CT molecular complexity index is 467. The highest BCUT2D eigenvalue weighted by Gasteiger charge is 2.09. The molecule has 92 valence electrons. The smallest absolute Gasteiger partial charge is 0.163 e. The van der Waals surface area contributed by atoms with Crippen molar-refractivity contribution in [1.29, 1.82) is 0 Å². The molecule has 0 saturated carbocycles. The first-order valence-electron chi connectivity index (χ1n) is 5.59. The van der Waals surface area contributed by atoms with Gasteiger partial charge in [0, 0.05) is 18.6 Å². The Balaban J connectivity index is 2.39. The molecule has 0 spiro atoms. The molecule has 0 atom stereocenters. The first-order chi connectivity index (χ1) is 8.28. The maximum atomic E-state index is 5.48. The zero-order chi connectivity index (χ0) is 12.3. The van der Waals surface area contributed by atoms with Crippen LogP contribution in [0.3, 0.4) is 0 Å². The van der Waals surface area contributed by atoms with Gasteiger partial charge < -0.3 is 20.2 Å². The van der Waals surface area contributed by atoms with E-state index in [1.165, 1.54) is 0 Å². The van der Waals surface area contributed by atoms with Gasteiger partial charge in [-0.05, 0) is 13.0 Å². The minimum atomic E-state index is 0.670. The predicted octanol–water partition coefficient (Wildman–Crippen LogP) is 1.47. The first kappa shape index (κ1) is 11.7. The predicted molar refractivity (Wildman–Crippen MR) is 66.6 cm³/mol. The van der Waals surface area contributed by atoms with E-state index in [-0.39, 0.29) is 0 Å². The van der Waals surface area contributed by atoms with Crippen LogP contribution in [0.2, 0.25) is 0 Å². The normalized spacial score (nSPS) is 10.8. The Hall–Kier alpha value is -1.75. The number of nitrogens with zero attached hydrogens (tertiary/aromatic N) is 1. The fourth-order valence-electron chi connectivity index (χ4n) is 1.78. The van der Waals surface area contributed by atoms with Gasteiger partial charge in [-0.2, -0.15) is 0 Å². The maximum absolute atomic E-state index is 5.48. The molecule has 0 saturated heterocycles. The number of hydrogen-bond donors (Lipinski definition) is 2. The van der Waals surface area contributed by atoms with Gasteiger partial charge in [-0.25, -0.2) is 4.98 Å². The minimum absolute atomic E-state index is 0.670. The summed E-state index contributed by atoms with van der Waals surface area (Å²) in [6, 6.07) is 3.77. The summed E-state index contributed by atoms with van der Waals surface area (Å²) >= 11 is 0. The van der Waals surface area contributed by atoms with Gasteiger partial charge in [0.25, 0.3) is 0 Å². The van der Waals surface area contributed by atoms with Crippen LogP contribution in [-0.2, 0) is 6.42 Å². The van der Waals surface area contributed by atoms with E-state index >= 15 is 0 Å². The molecule has 2 rings (SSSR count). The van der Waals surface area contributed by atoms with Crippen molar-refractivity contribution in [3.63, 3.8) is 0 Å². The van der Waals surface area contributed by atoms with Gasteiger partial charge in [0.1, 0.15) is 5.82 Å². The molecule has 0 amide bonds. The third-order valence-corrected chi connectivity index (χ3v) is 2.65. The van der Waals surface area contributed by atoms with E-state index in [0.29, 0.717) is 18.0 Å². The number of ether oxygens (including phenoxy) is 2. The van der Waals surface area contributed by atoms with Crippen LogP contribution in [0.15, 0.2) is 12.1 Å². The van der Waals surface area contributed by atoms with Gasteiger partial charge in [0.05, 0.1) is 25.3 Å². The molecule has 1 aromatic carbocycles. The summed E-state index contributed by atoms with van der Waals surface area (Å²) in [4.78, 5) is 7.74. The number of hydrogen-bond acceptors (Lipinski definition) is 4. The fraction of sp³-hybridized carbons (Fsp3) is 0.417. The average Bonchev–Trinajstić information content (AvgIpc) is 2.76. The Labute approximate surface area is 99.9 Å². The Kier molecular flexibility index (Phi) is 3.49. The van der Waals surface area contributed by atoms with Crippen LogP contribution in [0.5, 0.6) is 11.5 Å². The number of methoxy groups -OCH3 is 2. The SMILES string of the molecule is COc1cc2nc(CCCN)[nH]c2cc1OC. The molecular formula is C12H17N3O2. The molecule has 5 heteroatoms. The molecule has 0 aliphatic carbocycles. The summed E-state index contributed by atoms with van der Waals surface area (Å²) in [6.07, 6.45) is 1.78. The third-order valence-electron chi connectivity index (χ3n) is 2.65. The lowest BCUT2D eigenvalue weighted by molar-refractivity contribution is 0.356. The van der Waals surface area contributed by atoms with E-state index in [0.717, 1.165) is 29.7 Å². The van der Waals surface area contributed by atoms with Gasteiger partial charge in [0.15, 0.2) is 11.5 Å². The number of nitrogens with two attached hydrogens (primary N) is 1. The van der Waals surface area contributed by atoms with E-state index in [1.54, 1.807) is 14.2 Å². The highest BCUT2D eigenvalue weighted by molar-refractivity contribution is 5.79. The van der Waals surface area contributed by atoms with Crippen LogP contribution < -0.4 is 15.2 Å². The molecule has 17 heavy (non-hydrogen) atoms. The monoisotopic (exact) mass is 235 g/mol. The van der Waals surface area contributed by atoms with Crippen LogP contribution in [0.1, 0.15) is 12.2 Å². The summed E-state index contributed by atoms with van der Waals surface area (Å²) in [5.41, 5.74) is 7.32. The largest absolute Gasteiger partial charge is 0.493 e. The van der Waals surface area contributed by atoms with E-state index in [2.05, 4.69) is 9.97 Å². The second-order valence-electron chi connectivity index (χ2n) is 3.80. The second-order valence-corrected chi connectivity index (χ2v) is 3.80. The van der Waals surface area contributed by atoms with Crippen molar-refractivity contribution in [2.24, 2.45) is 5.73 Å². The van der Waals surface area contributed by atoms with Gasteiger partial charge in [-0.15, -0.1) is 0 Å². The highest BCUT2D eigenvalue weighted by atomic mass is 16.5. The van der Waals surface area contributed by atoms with Crippen LogP contribution >= 0.6 is 0 Å². The van der Waals surface area contributed by atoms with Crippen LogP contribution in [0.25, 0.3) is 11.0 Å². The van der Waals surface area contributed by atoms with E-state index in [1.807, 2.05) is 12.1 Å². The van der Waals surface area contributed by atoms with E-state index < -0.39 is 0 Å². The Morgan fingerprint density at radius 1 is 1.24 bits per heavy atom. The maximum Gasteiger partial charge on any atom is 0.163 e. The third kappa shape index (κ3) is 2.34. The molecule has 0 bridgehead atoms. The molecule has 0 unspecified atom stereocenters. The number of rotatable bonds is 5. The lowest BCUT2D eigenvalue weighted by Crippen LogP contribution is -2.01. The van der Waals surface area contributed by atoms with E-state index in [4.69, 9.17) is 15.2 Å². The highest BCUT2D eigenvalue weighted by Crippen LogP contribution is 2.31. The van der Waals surface area contributed by atoms with Crippen molar-refractivity contribution in [1.82, 2.24) is 9.97 Å². The van der Waals surface area contributed by atoms with Gasteiger partial charge in [-0.1, -0.05) is 0 Å². The molecule has 0 fully saturated rings. The van der Waals surface area contributed by atoms with Crippen molar-refractivity contribution >= 4 is 11.0 Å². The zero-order valence-corrected chi connectivity index (χ0v) is 10.1. The number of nitrogens with one attached hydrogen (secondary N) is 1. The van der Waals surface area contributed by atoms with Crippen LogP contribution in [0, 0.1) is 0 Å². The van der Waals surface area contributed by atoms with Crippen molar-refractivity contribution in [2.45, 2.75) is 12.8 Å². The number of aromatic amines is 1. The second kappa shape index (κ2) is 5.05. The molecule has 0 aliphatic heterocycles. The summed E-state index contributed by atoms with van der Waals surface area (Å²) in [7, 11) is 3.24. The van der Waals surface area contributed by atoms with Crippen molar-refractivity contribution < 1.29 is 9.47 Å². The minimum Gasteiger partial charge on any atom is -0.493 e. The average molecular weight is 235 g/mol. The fourth-order valence-corrected chi connectivity index (χ4v) is 1.78. The number of aromatic nitrogens is 2. The van der Waals surface area contributed by atoms with Crippen molar-refractivity contribution in [3.05, 3.63) is 18.0 Å². The summed E-state index contributed by atoms with van der Waals surface area (Å²) < 4.78 is 10.5. The van der Waals surface area contributed by atoms with Crippen molar-refractivity contribution in [3.8, 4) is 11.5 Å². The Morgan fingerprint density at radius 3 is 2.59 bits per heavy atom. The molecule has 0 aliphatic rings.